The van der Waals surface area contributed by atoms with Crippen molar-refractivity contribution in [3.63, 3.8) is 0 Å². The molecule has 0 bridgehead atoms. The molecule has 4 heteroatoms. The lowest BCUT2D eigenvalue weighted by atomic mass is 10.1. The number of amides is 2. The van der Waals surface area contributed by atoms with Crippen LogP contribution in [0.5, 0.6) is 0 Å². The van der Waals surface area contributed by atoms with Crippen LogP contribution in [0.15, 0.2) is 42.5 Å². The lowest BCUT2D eigenvalue weighted by Gasteiger charge is -2.19. The number of benzene rings is 2. The van der Waals surface area contributed by atoms with Gasteiger partial charge in [-0.05, 0) is 50.1 Å². The number of hydrogen-bond donors (Lipinski definition) is 1. The van der Waals surface area contributed by atoms with E-state index >= 15 is 0 Å². The third-order valence-corrected chi connectivity index (χ3v) is 4.17. The summed E-state index contributed by atoms with van der Waals surface area (Å²) in [6, 6.07) is 13.0. The summed E-state index contributed by atoms with van der Waals surface area (Å²) in [6.07, 6.45) is 3.56. The number of unbranched alkanes of at least 4 members (excludes halogenated alkanes) is 1. The molecule has 2 amide bonds. The highest BCUT2D eigenvalue weighted by Gasteiger charge is 2.15. The van der Waals surface area contributed by atoms with Crippen molar-refractivity contribution in [1.29, 1.82) is 0 Å². The molecule has 0 aliphatic heterocycles. The molecule has 0 saturated carbocycles. The van der Waals surface area contributed by atoms with Gasteiger partial charge in [-0.15, -0.1) is 0 Å². The second-order valence-electron chi connectivity index (χ2n) is 6.73. The van der Waals surface area contributed by atoms with Crippen LogP contribution in [0.25, 0.3) is 0 Å². The fourth-order valence-corrected chi connectivity index (χ4v) is 2.45. The summed E-state index contributed by atoms with van der Waals surface area (Å²) in [4.78, 5) is 24.6. The van der Waals surface area contributed by atoms with Crippen LogP contribution in [0.1, 0.15) is 71.0 Å². The van der Waals surface area contributed by atoms with Gasteiger partial charge in [0.2, 0.25) is 0 Å². The van der Waals surface area contributed by atoms with Gasteiger partial charge in [0.1, 0.15) is 0 Å². The minimum absolute atomic E-state index is 0.240. The van der Waals surface area contributed by atoms with Gasteiger partial charge in [0.15, 0.2) is 0 Å². The van der Waals surface area contributed by atoms with Crippen molar-refractivity contribution in [1.82, 2.24) is 10.4 Å². The number of carbonyl (C=O) groups excluding carboxylic acids is 2. The second-order valence-corrected chi connectivity index (χ2v) is 6.73. The molecule has 0 fully saturated rings. The van der Waals surface area contributed by atoms with E-state index in [1.165, 1.54) is 23.4 Å². The summed E-state index contributed by atoms with van der Waals surface area (Å²) in [7, 11) is 1.55. The quantitative estimate of drug-likeness (QED) is 0.764. The zero-order chi connectivity index (χ0) is 20.4. The maximum Gasteiger partial charge on any atom is 0.272 e. The van der Waals surface area contributed by atoms with Crippen LogP contribution in [0.3, 0.4) is 0 Å². The molecule has 0 saturated heterocycles. The van der Waals surface area contributed by atoms with Crippen molar-refractivity contribution in [3.05, 3.63) is 70.3 Å². The minimum atomic E-state index is -0.298. The zero-order valence-corrected chi connectivity index (χ0v) is 17.4. The first kappa shape index (κ1) is 22.4. The molecule has 0 aliphatic rings. The van der Waals surface area contributed by atoms with E-state index in [2.05, 4.69) is 26.2 Å². The maximum atomic E-state index is 12.4. The predicted molar refractivity (Wildman–Crippen MR) is 112 cm³/mol. The molecule has 146 valence electrons. The van der Waals surface area contributed by atoms with Gasteiger partial charge < -0.3 is 0 Å². The average molecular weight is 369 g/mol. The third kappa shape index (κ3) is 7.26. The molecule has 0 spiro atoms. The van der Waals surface area contributed by atoms with Crippen LogP contribution in [0, 0.1) is 13.8 Å². The zero-order valence-electron chi connectivity index (χ0n) is 17.4. The molecule has 2 aromatic carbocycles. The lowest BCUT2D eigenvalue weighted by molar-refractivity contribution is 0.0636. The average Bonchev–Trinajstić information content (AvgIpc) is 2.66. The number of rotatable bonds is 4. The Balaban J connectivity index is 0.000000828. The van der Waals surface area contributed by atoms with Gasteiger partial charge in [-0.25, -0.2) is 0 Å². The van der Waals surface area contributed by atoms with E-state index in [1.807, 2.05) is 44.2 Å². The Morgan fingerprint density at radius 2 is 1.37 bits per heavy atom. The number of carbonyl (C=O) groups is 2. The molecule has 27 heavy (non-hydrogen) atoms. The predicted octanol–water partition coefficient (Wildman–Crippen LogP) is 5.09. The Morgan fingerprint density at radius 1 is 0.852 bits per heavy atom. The first-order valence-corrected chi connectivity index (χ1v) is 9.58. The molecule has 0 aliphatic carbocycles. The highest BCUT2D eigenvalue weighted by molar-refractivity contribution is 5.99. The van der Waals surface area contributed by atoms with Gasteiger partial charge >= 0.3 is 0 Å². The van der Waals surface area contributed by atoms with Crippen molar-refractivity contribution in [2.75, 3.05) is 7.05 Å². The Bertz CT molecular complexity index is 729. The first-order valence-electron chi connectivity index (χ1n) is 9.58. The van der Waals surface area contributed by atoms with Crippen molar-refractivity contribution in [2.24, 2.45) is 0 Å². The van der Waals surface area contributed by atoms with Crippen molar-refractivity contribution in [3.8, 4) is 0 Å². The topological polar surface area (TPSA) is 49.4 Å². The SMILES string of the molecule is CCCC.CCc1ccc(C(=O)NN(C)C(=O)c2cc(C)cc(C)c2)cc1. The van der Waals surface area contributed by atoms with Crippen LogP contribution >= 0.6 is 0 Å². The van der Waals surface area contributed by atoms with Gasteiger partial charge in [0.05, 0.1) is 0 Å². The molecule has 0 unspecified atom stereocenters. The Hall–Kier alpha value is -2.62. The first-order chi connectivity index (χ1) is 12.8. The molecule has 0 aromatic heterocycles. The molecule has 4 nitrogen and oxygen atoms in total. The van der Waals surface area contributed by atoms with Gasteiger partial charge in [0, 0.05) is 18.2 Å². The summed E-state index contributed by atoms with van der Waals surface area (Å²) < 4.78 is 0. The molecule has 2 aromatic rings. The van der Waals surface area contributed by atoms with Crippen LogP contribution in [-0.4, -0.2) is 23.9 Å². The largest absolute Gasteiger partial charge is 0.272 e. The number of nitrogens with zero attached hydrogens (tertiary/aromatic N) is 1. The normalized spacial score (nSPS) is 9.85. The molecular weight excluding hydrogens is 336 g/mol. The van der Waals surface area contributed by atoms with Gasteiger partial charge in [-0.1, -0.05) is 62.9 Å². The highest BCUT2D eigenvalue weighted by Crippen LogP contribution is 2.11. The number of nitrogens with one attached hydrogen (secondary N) is 1. The van der Waals surface area contributed by atoms with E-state index in [0.717, 1.165) is 17.5 Å². The fourth-order valence-electron chi connectivity index (χ4n) is 2.45. The third-order valence-electron chi connectivity index (χ3n) is 4.17. The standard InChI is InChI=1S/C19H22N2O2.C4H10/c1-5-15-6-8-16(9-7-15)18(22)20-21(4)19(23)17-11-13(2)10-14(3)12-17;1-3-4-2/h6-12H,5H2,1-4H3,(H,20,22);3-4H2,1-2H3. The Labute approximate surface area is 163 Å². The number of hydrogen-bond acceptors (Lipinski definition) is 2. The van der Waals surface area contributed by atoms with Crippen LogP contribution in [0.4, 0.5) is 0 Å². The summed E-state index contributed by atoms with van der Waals surface area (Å²) in [5, 5.41) is 1.23. The fraction of sp³-hybridized carbons (Fsp3) is 0.391. The monoisotopic (exact) mass is 368 g/mol. The summed E-state index contributed by atoms with van der Waals surface area (Å²) in [5.74, 6) is -0.539. The molecular formula is C23H32N2O2. The van der Waals surface area contributed by atoms with Gasteiger partial charge in [0.25, 0.3) is 11.8 Å². The highest BCUT2D eigenvalue weighted by atomic mass is 16.2. The van der Waals surface area contributed by atoms with Crippen LogP contribution in [0.2, 0.25) is 0 Å². The smallest absolute Gasteiger partial charge is 0.267 e. The molecule has 2 rings (SSSR count). The van der Waals surface area contributed by atoms with Gasteiger partial charge in [-0.2, -0.15) is 0 Å². The molecule has 1 N–H and O–H groups in total. The number of aryl methyl sites for hydroxylation is 3. The second kappa shape index (κ2) is 11.2. The van der Waals surface area contributed by atoms with E-state index in [4.69, 9.17) is 0 Å². The summed E-state index contributed by atoms with van der Waals surface area (Å²) in [6.45, 7) is 10.3. The van der Waals surface area contributed by atoms with Crippen molar-refractivity contribution < 1.29 is 9.59 Å². The summed E-state index contributed by atoms with van der Waals surface area (Å²) >= 11 is 0. The van der Waals surface area contributed by atoms with E-state index in [0.29, 0.717) is 11.1 Å². The number of hydrazine groups is 1. The van der Waals surface area contributed by atoms with E-state index in [-0.39, 0.29) is 11.8 Å². The van der Waals surface area contributed by atoms with Crippen LogP contribution < -0.4 is 5.43 Å². The minimum Gasteiger partial charge on any atom is -0.267 e. The maximum absolute atomic E-state index is 12.4. The van der Waals surface area contributed by atoms with E-state index in [1.54, 1.807) is 19.2 Å². The van der Waals surface area contributed by atoms with Gasteiger partial charge in [-0.3, -0.25) is 20.0 Å². The Kier molecular flexibility index (Phi) is 9.27. The molecule has 0 atom stereocenters. The molecule has 0 heterocycles. The van der Waals surface area contributed by atoms with E-state index in [9.17, 15) is 9.59 Å². The summed E-state index contributed by atoms with van der Waals surface area (Å²) in [5.41, 5.74) is 6.91. The molecule has 0 radical (unpaired) electrons. The van der Waals surface area contributed by atoms with Crippen LogP contribution in [-0.2, 0) is 6.42 Å². The van der Waals surface area contributed by atoms with Crippen molar-refractivity contribution in [2.45, 2.75) is 53.9 Å². The Morgan fingerprint density at radius 3 is 1.81 bits per heavy atom. The van der Waals surface area contributed by atoms with E-state index < -0.39 is 0 Å². The lowest BCUT2D eigenvalue weighted by Crippen LogP contribution is -2.43. The van der Waals surface area contributed by atoms with Crippen molar-refractivity contribution >= 4 is 11.8 Å².